The first kappa shape index (κ1) is 15.7. The second-order valence-electron chi connectivity index (χ2n) is 4.89. The van der Waals surface area contributed by atoms with Crippen molar-refractivity contribution in [1.29, 1.82) is 0 Å². The lowest BCUT2D eigenvalue weighted by Gasteiger charge is -2.14. The van der Waals surface area contributed by atoms with Crippen LogP contribution < -0.4 is 0 Å². The Morgan fingerprint density at radius 3 is 2.95 bits per heavy atom. The van der Waals surface area contributed by atoms with Gasteiger partial charge in [0.1, 0.15) is 0 Å². The molecule has 0 saturated carbocycles. The Labute approximate surface area is 127 Å². The number of aryl methyl sites for hydroxylation is 1. The van der Waals surface area contributed by atoms with Gasteiger partial charge in [0.05, 0.1) is 4.88 Å². The van der Waals surface area contributed by atoms with E-state index in [-0.39, 0.29) is 6.42 Å². The topological polar surface area (TPSA) is 79.5 Å². The van der Waals surface area contributed by atoms with Crippen molar-refractivity contribution in [2.75, 3.05) is 20.1 Å². The molecule has 0 aliphatic heterocycles. The summed E-state index contributed by atoms with van der Waals surface area (Å²) in [7, 11) is 1.99. The van der Waals surface area contributed by atoms with E-state index in [9.17, 15) is 4.79 Å². The molecule has 0 saturated heterocycles. The number of hydrogen-bond donors (Lipinski definition) is 1. The predicted octanol–water partition coefficient (Wildman–Crippen LogP) is 2.53. The standard InChI is InChI=1S/C14H19N3O3S/c1-17(9-3-7-13(18)19)8-2-6-12-15-14(16-20-12)11-5-4-10-21-11/h4-5,10H,2-3,6-9H2,1H3,(H,18,19). The smallest absolute Gasteiger partial charge is 0.303 e. The van der Waals surface area contributed by atoms with Crippen molar-refractivity contribution in [3.63, 3.8) is 0 Å². The Morgan fingerprint density at radius 2 is 2.24 bits per heavy atom. The summed E-state index contributed by atoms with van der Waals surface area (Å²) in [5, 5.41) is 14.5. The summed E-state index contributed by atoms with van der Waals surface area (Å²) in [5.41, 5.74) is 0. The first-order chi connectivity index (χ1) is 10.1. The molecule has 0 spiro atoms. The molecule has 0 amide bonds. The molecule has 1 N–H and O–H groups in total. The van der Waals surface area contributed by atoms with Gasteiger partial charge in [-0.25, -0.2) is 0 Å². The van der Waals surface area contributed by atoms with Gasteiger partial charge in [-0.3, -0.25) is 4.79 Å². The van der Waals surface area contributed by atoms with Crippen molar-refractivity contribution in [2.45, 2.75) is 25.7 Å². The van der Waals surface area contributed by atoms with E-state index in [0.29, 0.717) is 18.1 Å². The Balaban J connectivity index is 1.68. The lowest BCUT2D eigenvalue weighted by Crippen LogP contribution is -2.22. The zero-order chi connectivity index (χ0) is 15.1. The van der Waals surface area contributed by atoms with Gasteiger partial charge in [-0.15, -0.1) is 11.3 Å². The summed E-state index contributed by atoms with van der Waals surface area (Å²) in [5.74, 6) is 0.558. The fourth-order valence-electron chi connectivity index (χ4n) is 1.97. The van der Waals surface area contributed by atoms with Crippen LogP contribution in [0.3, 0.4) is 0 Å². The number of hydrogen-bond acceptors (Lipinski definition) is 6. The maximum absolute atomic E-state index is 10.4. The largest absolute Gasteiger partial charge is 0.481 e. The number of nitrogens with zero attached hydrogens (tertiary/aromatic N) is 3. The van der Waals surface area contributed by atoms with Crippen LogP contribution in [0, 0.1) is 0 Å². The van der Waals surface area contributed by atoms with E-state index in [0.717, 1.165) is 30.8 Å². The van der Waals surface area contributed by atoms with Gasteiger partial charge in [0.2, 0.25) is 11.7 Å². The Bertz CT molecular complexity index is 554. The van der Waals surface area contributed by atoms with E-state index in [4.69, 9.17) is 9.63 Å². The first-order valence-electron chi connectivity index (χ1n) is 6.92. The molecule has 7 heteroatoms. The van der Waals surface area contributed by atoms with E-state index in [1.54, 1.807) is 11.3 Å². The SMILES string of the molecule is CN(CCCC(=O)O)CCCc1nc(-c2cccs2)no1. The van der Waals surface area contributed by atoms with Crippen molar-refractivity contribution >= 4 is 17.3 Å². The van der Waals surface area contributed by atoms with E-state index in [1.165, 1.54) is 0 Å². The molecule has 0 radical (unpaired) electrons. The molecule has 0 aliphatic carbocycles. The molecule has 21 heavy (non-hydrogen) atoms. The van der Waals surface area contributed by atoms with Crippen molar-refractivity contribution in [3.8, 4) is 10.7 Å². The zero-order valence-electron chi connectivity index (χ0n) is 12.0. The number of rotatable bonds is 9. The predicted molar refractivity (Wildman–Crippen MR) is 80.3 cm³/mol. The van der Waals surface area contributed by atoms with Crippen LogP contribution in [-0.2, 0) is 11.2 Å². The number of carboxylic acid groups (broad SMARTS) is 1. The van der Waals surface area contributed by atoms with Gasteiger partial charge in [-0.05, 0) is 44.4 Å². The minimum atomic E-state index is -0.740. The molecule has 0 unspecified atom stereocenters. The monoisotopic (exact) mass is 309 g/mol. The van der Waals surface area contributed by atoms with Crippen molar-refractivity contribution < 1.29 is 14.4 Å². The van der Waals surface area contributed by atoms with Crippen molar-refractivity contribution in [3.05, 3.63) is 23.4 Å². The highest BCUT2D eigenvalue weighted by Gasteiger charge is 2.09. The molecular weight excluding hydrogens is 290 g/mol. The van der Waals surface area contributed by atoms with Crippen LogP contribution in [-0.4, -0.2) is 46.3 Å². The van der Waals surface area contributed by atoms with Crippen LogP contribution >= 0.6 is 11.3 Å². The number of thiophene rings is 1. The van der Waals surface area contributed by atoms with Crippen molar-refractivity contribution in [1.82, 2.24) is 15.0 Å². The second kappa shape index (κ2) is 7.90. The third-order valence-corrected chi connectivity index (χ3v) is 3.94. The molecule has 2 aromatic rings. The van der Waals surface area contributed by atoms with Crippen LogP contribution in [0.25, 0.3) is 10.7 Å². The molecule has 2 aromatic heterocycles. The minimum Gasteiger partial charge on any atom is -0.481 e. The molecule has 0 aromatic carbocycles. The molecule has 0 aliphatic rings. The average Bonchev–Trinajstić information content (AvgIpc) is 3.08. The first-order valence-corrected chi connectivity index (χ1v) is 7.80. The van der Waals surface area contributed by atoms with Gasteiger partial charge < -0.3 is 14.5 Å². The normalized spacial score (nSPS) is 11.1. The van der Waals surface area contributed by atoms with E-state index in [1.807, 2.05) is 24.6 Å². The third-order valence-electron chi connectivity index (χ3n) is 3.07. The Kier molecular flexibility index (Phi) is 5.89. The zero-order valence-corrected chi connectivity index (χ0v) is 12.8. The number of aromatic nitrogens is 2. The third kappa shape index (κ3) is 5.28. The Hall–Kier alpha value is -1.73. The van der Waals surface area contributed by atoms with Gasteiger partial charge in [0.25, 0.3) is 0 Å². The molecule has 6 nitrogen and oxygen atoms in total. The number of carbonyl (C=O) groups is 1. The highest BCUT2D eigenvalue weighted by Crippen LogP contribution is 2.21. The quantitative estimate of drug-likeness (QED) is 0.766. The van der Waals surface area contributed by atoms with E-state index in [2.05, 4.69) is 15.0 Å². The lowest BCUT2D eigenvalue weighted by atomic mass is 10.2. The van der Waals surface area contributed by atoms with Crippen LogP contribution in [0.4, 0.5) is 0 Å². The average molecular weight is 309 g/mol. The molecule has 0 atom stereocenters. The Morgan fingerprint density at radius 1 is 1.43 bits per heavy atom. The van der Waals surface area contributed by atoms with Crippen LogP contribution in [0.5, 0.6) is 0 Å². The van der Waals surface area contributed by atoms with Crippen molar-refractivity contribution in [2.24, 2.45) is 0 Å². The van der Waals surface area contributed by atoms with Gasteiger partial charge in [0.15, 0.2) is 0 Å². The lowest BCUT2D eigenvalue weighted by molar-refractivity contribution is -0.137. The van der Waals surface area contributed by atoms with Crippen LogP contribution in [0.2, 0.25) is 0 Å². The fourth-order valence-corrected chi connectivity index (χ4v) is 2.62. The highest BCUT2D eigenvalue weighted by molar-refractivity contribution is 7.13. The maximum Gasteiger partial charge on any atom is 0.303 e. The molecular formula is C14H19N3O3S. The summed E-state index contributed by atoms with van der Waals surface area (Å²) in [6, 6.07) is 3.93. The van der Waals surface area contributed by atoms with Gasteiger partial charge in [-0.1, -0.05) is 11.2 Å². The van der Waals surface area contributed by atoms with Gasteiger partial charge in [0, 0.05) is 12.8 Å². The summed E-state index contributed by atoms with van der Waals surface area (Å²) in [6.45, 7) is 1.67. The molecule has 0 bridgehead atoms. The maximum atomic E-state index is 10.4. The summed E-state index contributed by atoms with van der Waals surface area (Å²) >= 11 is 1.59. The van der Waals surface area contributed by atoms with E-state index < -0.39 is 5.97 Å². The molecule has 2 heterocycles. The molecule has 0 fully saturated rings. The van der Waals surface area contributed by atoms with Gasteiger partial charge >= 0.3 is 5.97 Å². The fraction of sp³-hybridized carbons (Fsp3) is 0.500. The second-order valence-corrected chi connectivity index (χ2v) is 5.84. The van der Waals surface area contributed by atoms with E-state index >= 15 is 0 Å². The minimum absolute atomic E-state index is 0.220. The van der Waals surface area contributed by atoms with Gasteiger partial charge in [-0.2, -0.15) is 4.98 Å². The van der Waals surface area contributed by atoms with Crippen LogP contribution in [0.15, 0.2) is 22.0 Å². The number of aliphatic carboxylic acids is 1. The number of carboxylic acids is 1. The highest BCUT2D eigenvalue weighted by atomic mass is 32.1. The summed E-state index contributed by atoms with van der Waals surface area (Å²) in [4.78, 5) is 17.9. The molecule has 2 rings (SSSR count). The summed E-state index contributed by atoms with van der Waals surface area (Å²) in [6.07, 6.45) is 2.55. The molecule has 114 valence electrons. The van der Waals surface area contributed by atoms with Crippen LogP contribution in [0.1, 0.15) is 25.2 Å². The summed E-state index contributed by atoms with van der Waals surface area (Å²) < 4.78 is 5.23.